The third-order valence-electron chi connectivity index (χ3n) is 9.41. The lowest BCUT2D eigenvalue weighted by Crippen LogP contribution is -2.17. The highest BCUT2D eigenvalue weighted by molar-refractivity contribution is 5.79. The lowest BCUT2D eigenvalue weighted by Gasteiger charge is -2.29. The Kier molecular flexibility index (Phi) is 8.90. The number of hydrogen-bond donors (Lipinski definition) is 0. The molecule has 7 aromatic carbocycles. The van der Waals surface area contributed by atoms with E-state index >= 15 is 0 Å². The van der Waals surface area contributed by atoms with Gasteiger partial charge in [0.1, 0.15) is 0 Å². The second kappa shape index (κ2) is 14.4. The quantitative estimate of drug-likeness (QED) is 0.155. The maximum absolute atomic E-state index is 2.38. The van der Waals surface area contributed by atoms with Crippen LogP contribution in [-0.4, -0.2) is 0 Å². The molecule has 0 amide bonds. The van der Waals surface area contributed by atoms with Crippen molar-refractivity contribution in [3.63, 3.8) is 0 Å². The summed E-state index contributed by atoms with van der Waals surface area (Å²) in [6.07, 6.45) is 7.97. The van der Waals surface area contributed by atoms with Crippen molar-refractivity contribution >= 4 is 28.4 Å². The van der Waals surface area contributed by atoms with Gasteiger partial charge in [0, 0.05) is 40.1 Å². The van der Waals surface area contributed by atoms with E-state index in [-0.39, 0.29) is 0 Å². The fraction of sp³-hybridized carbons (Fsp3) is 0.0417. The van der Waals surface area contributed by atoms with E-state index in [0.29, 0.717) is 5.92 Å². The van der Waals surface area contributed by atoms with Gasteiger partial charge in [-0.2, -0.15) is 0 Å². The molecule has 0 aliphatic heterocycles. The average molecular weight is 643 g/mol. The van der Waals surface area contributed by atoms with Crippen molar-refractivity contribution in [2.45, 2.75) is 12.3 Å². The van der Waals surface area contributed by atoms with Gasteiger partial charge in [-0.3, -0.25) is 0 Å². The molecule has 8 rings (SSSR count). The Labute approximate surface area is 295 Å². The molecule has 0 fully saturated rings. The first kappa shape index (κ1) is 30.9. The van der Waals surface area contributed by atoms with E-state index in [1.165, 1.54) is 33.5 Å². The van der Waals surface area contributed by atoms with Gasteiger partial charge in [-0.1, -0.05) is 146 Å². The summed E-state index contributed by atoms with van der Waals surface area (Å²) in [5, 5.41) is 0. The number of anilines is 5. The van der Waals surface area contributed by atoms with E-state index in [0.717, 1.165) is 34.9 Å². The van der Waals surface area contributed by atoms with Crippen molar-refractivity contribution in [1.29, 1.82) is 0 Å². The largest absolute Gasteiger partial charge is 0.311 e. The Morgan fingerprint density at radius 3 is 1.12 bits per heavy atom. The Morgan fingerprint density at radius 1 is 0.340 bits per heavy atom. The Morgan fingerprint density at radius 2 is 0.700 bits per heavy atom. The van der Waals surface area contributed by atoms with Crippen LogP contribution in [0.5, 0.6) is 0 Å². The van der Waals surface area contributed by atoms with Crippen LogP contribution < -0.4 is 9.80 Å². The van der Waals surface area contributed by atoms with Crippen molar-refractivity contribution in [2.75, 3.05) is 9.80 Å². The molecule has 240 valence electrons. The highest BCUT2D eigenvalue weighted by Gasteiger charge is 2.19. The van der Waals surface area contributed by atoms with Crippen LogP contribution in [0.1, 0.15) is 17.9 Å². The van der Waals surface area contributed by atoms with Crippen LogP contribution in [0.3, 0.4) is 0 Å². The Balaban J connectivity index is 1.09. The summed E-state index contributed by atoms with van der Waals surface area (Å²) >= 11 is 0. The molecule has 7 aromatic rings. The molecule has 2 nitrogen and oxygen atoms in total. The first-order chi connectivity index (χ1) is 24.8. The van der Waals surface area contributed by atoms with Gasteiger partial charge in [-0.05, 0) is 101 Å². The molecule has 50 heavy (non-hydrogen) atoms. The molecule has 0 spiro atoms. The van der Waals surface area contributed by atoms with Crippen LogP contribution >= 0.6 is 0 Å². The molecule has 0 radical (unpaired) electrons. The fourth-order valence-electron chi connectivity index (χ4n) is 6.81. The normalized spacial score (nSPS) is 13.8. The van der Waals surface area contributed by atoms with Crippen molar-refractivity contribution in [1.82, 2.24) is 0 Å². The first-order valence-electron chi connectivity index (χ1n) is 17.3. The van der Waals surface area contributed by atoms with Gasteiger partial charge < -0.3 is 9.80 Å². The topological polar surface area (TPSA) is 6.48 Å². The van der Waals surface area contributed by atoms with Gasteiger partial charge in [0.05, 0.1) is 0 Å². The van der Waals surface area contributed by atoms with Gasteiger partial charge in [-0.25, -0.2) is 0 Å². The number of rotatable bonds is 9. The lowest BCUT2D eigenvalue weighted by atomic mass is 9.91. The number of para-hydroxylation sites is 2. The molecule has 0 saturated carbocycles. The summed E-state index contributed by atoms with van der Waals surface area (Å²) < 4.78 is 0. The van der Waals surface area contributed by atoms with Crippen LogP contribution in [0.25, 0.3) is 22.3 Å². The molecule has 0 N–H and O–H groups in total. The molecular formula is C48H38N2. The minimum atomic E-state index is 0.382. The molecular weight excluding hydrogens is 605 g/mol. The van der Waals surface area contributed by atoms with Crippen LogP contribution in [0, 0.1) is 0 Å². The van der Waals surface area contributed by atoms with Crippen molar-refractivity contribution in [2.24, 2.45) is 0 Å². The standard InChI is InChI=1S/C48H38N2/c1-5-13-37(14-6-1)39-21-29-46(30-22-39)50(47-31-23-40(24-32-47)38-15-7-2-8-16-38)48-35-27-42(28-36-48)41-25-33-45(34-26-41)49(43-17-9-3-10-18-43)44-19-11-4-12-20-44/h1-23,25-36,40H,24H2. The van der Waals surface area contributed by atoms with E-state index in [1.54, 1.807) is 0 Å². The number of hydrogen-bond acceptors (Lipinski definition) is 2. The van der Waals surface area contributed by atoms with Gasteiger partial charge in [-0.15, -0.1) is 0 Å². The zero-order valence-corrected chi connectivity index (χ0v) is 27.9. The highest BCUT2D eigenvalue weighted by Crippen LogP contribution is 2.38. The SMILES string of the molecule is C1=CC(c2ccccc2)CC=C1N(c1ccc(-c2ccccc2)cc1)c1ccc(-c2ccc(N(c3ccccc3)c3ccccc3)cc2)cc1. The molecule has 2 heteroatoms. The fourth-order valence-corrected chi connectivity index (χ4v) is 6.81. The van der Waals surface area contributed by atoms with Crippen LogP contribution in [0.4, 0.5) is 28.4 Å². The Bertz CT molecular complexity index is 2150. The zero-order valence-electron chi connectivity index (χ0n) is 27.9. The predicted molar refractivity (Wildman–Crippen MR) is 212 cm³/mol. The van der Waals surface area contributed by atoms with Gasteiger partial charge in [0.25, 0.3) is 0 Å². The van der Waals surface area contributed by atoms with E-state index in [2.05, 4.69) is 222 Å². The summed E-state index contributed by atoms with van der Waals surface area (Å²) in [7, 11) is 0. The van der Waals surface area contributed by atoms with Crippen LogP contribution in [0.2, 0.25) is 0 Å². The molecule has 0 bridgehead atoms. The molecule has 0 heterocycles. The summed E-state index contributed by atoms with van der Waals surface area (Å²) in [6, 6.07) is 69.2. The summed E-state index contributed by atoms with van der Waals surface area (Å²) in [5.74, 6) is 0.382. The predicted octanol–water partition coefficient (Wildman–Crippen LogP) is 13.3. The maximum Gasteiger partial charge on any atom is 0.0462 e. The second-order valence-electron chi connectivity index (χ2n) is 12.6. The van der Waals surface area contributed by atoms with E-state index in [9.17, 15) is 0 Å². The molecule has 1 unspecified atom stereocenters. The smallest absolute Gasteiger partial charge is 0.0462 e. The molecule has 0 saturated heterocycles. The van der Waals surface area contributed by atoms with E-state index < -0.39 is 0 Å². The third-order valence-corrected chi connectivity index (χ3v) is 9.41. The summed E-state index contributed by atoms with van der Waals surface area (Å²) in [6.45, 7) is 0. The zero-order chi connectivity index (χ0) is 33.5. The highest BCUT2D eigenvalue weighted by atomic mass is 15.1. The molecule has 0 aromatic heterocycles. The summed E-state index contributed by atoms with van der Waals surface area (Å²) in [5.41, 5.74) is 13.0. The van der Waals surface area contributed by atoms with E-state index in [1.807, 2.05) is 0 Å². The maximum atomic E-state index is 2.38. The van der Waals surface area contributed by atoms with Gasteiger partial charge in [0.15, 0.2) is 0 Å². The van der Waals surface area contributed by atoms with Crippen molar-refractivity contribution < 1.29 is 0 Å². The van der Waals surface area contributed by atoms with Crippen molar-refractivity contribution in [3.8, 4) is 22.3 Å². The lowest BCUT2D eigenvalue weighted by molar-refractivity contribution is 0.840. The Hall–Kier alpha value is -6.38. The molecule has 1 aliphatic carbocycles. The first-order valence-corrected chi connectivity index (χ1v) is 17.3. The molecule has 1 aliphatic rings. The van der Waals surface area contributed by atoms with E-state index in [4.69, 9.17) is 0 Å². The number of benzene rings is 7. The van der Waals surface area contributed by atoms with Gasteiger partial charge in [0.2, 0.25) is 0 Å². The summed E-state index contributed by atoms with van der Waals surface area (Å²) in [4.78, 5) is 4.67. The minimum absolute atomic E-state index is 0.382. The minimum Gasteiger partial charge on any atom is -0.311 e. The third kappa shape index (κ3) is 6.65. The second-order valence-corrected chi connectivity index (χ2v) is 12.6. The average Bonchev–Trinajstić information content (AvgIpc) is 3.21. The number of allylic oxidation sites excluding steroid dienone is 3. The van der Waals surface area contributed by atoms with Crippen LogP contribution in [-0.2, 0) is 0 Å². The van der Waals surface area contributed by atoms with Crippen molar-refractivity contribution in [3.05, 3.63) is 224 Å². The van der Waals surface area contributed by atoms with Crippen LogP contribution in [0.15, 0.2) is 218 Å². The number of nitrogens with zero attached hydrogens (tertiary/aromatic N) is 2. The molecule has 1 atom stereocenters. The van der Waals surface area contributed by atoms with Gasteiger partial charge >= 0.3 is 0 Å². The monoisotopic (exact) mass is 642 g/mol.